The Balaban J connectivity index is 0.994. The Morgan fingerprint density at radius 3 is 1.44 bits per heavy atom. The summed E-state index contributed by atoms with van der Waals surface area (Å²) in [6.07, 6.45) is 6.40. The second kappa shape index (κ2) is 17.8. The Hall–Kier alpha value is -6.12. The zero-order valence-corrected chi connectivity index (χ0v) is 37.7. The summed E-state index contributed by atoms with van der Waals surface area (Å²) in [5.74, 6) is 1.68. The summed E-state index contributed by atoms with van der Waals surface area (Å²) in [6, 6.07) is 20.5. The molecule has 1 saturated carbocycles. The molecule has 4 amide bonds. The molecule has 15 heteroatoms. The summed E-state index contributed by atoms with van der Waals surface area (Å²) < 4.78 is 9.66. The monoisotopic (exact) mass is 871 g/mol. The van der Waals surface area contributed by atoms with E-state index < -0.39 is 24.3 Å². The smallest absolute Gasteiger partial charge is 0.407 e. The first-order chi connectivity index (χ1) is 30.9. The fraction of sp³-hybridized carbons (Fsp3) is 0.510. The normalized spacial score (nSPS) is 22.2. The number of benzene rings is 3. The molecule has 5 aromatic rings. The van der Waals surface area contributed by atoms with Crippen LogP contribution in [0.5, 0.6) is 0 Å². The molecule has 9 rings (SSSR count). The van der Waals surface area contributed by atoms with Crippen molar-refractivity contribution in [1.82, 2.24) is 40.4 Å². The molecule has 0 bridgehead atoms. The van der Waals surface area contributed by atoms with E-state index in [1.54, 1.807) is 0 Å². The average molecular weight is 872 g/mol. The van der Waals surface area contributed by atoms with Crippen molar-refractivity contribution in [3.8, 4) is 0 Å². The largest absolute Gasteiger partial charge is 0.453 e. The molecular weight excluding hydrogens is 811 g/mol. The Bertz CT molecular complexity index is 2380. The average Bonchev–Trinajstić information content (AvgIpc) is 3.84. The lowest BCUT2D eigenvalue weighted by atomic mass is 10.0. The molecule has 6 unspecified atom stereocenters. The number of likely N-dealkylation sites (tertiary alicyclic amines) is 2. The van der Waals surface area contributed by atoms with Gasteiger partial charge in [0.15, 0.2) is 0 Å². The van der Waals surface area contributed by atoms with Crippen LogP contribution in [0.3, 0.4) is 0 Å². The van der Waals surface area contributed by atoms with E-state index in [2.05, 4.69) is 86.2 Å². The number of fused-ring (bicyclic) bond motifs is 2. The number of H-pyrrole nitrogens is 2. The van der Waals surface area contributed by atoms with E-state index in [4.69, 9.17) is 19.4 Å². The molecule has 3 aromatic carbocycles. The fourth-order valence-corrected chi connectivity index (χ4v) is 10.4. The predicted molar refractivity (Wildman–Crippen MR) is 244 cm³/mol. The van der Waals surface area contributed by atoms with Crippen LogP contribution in [0.2, 0.25) is 0 Å². The summed E-state index contributed by atoms with van der Waals surface area (Å²) in [6.45, 7) is 8.87. The van der Waals surface area contributed by atoms with Gasteiger partial charge in [0.1, 0.15) is 23.7 Å². The lowest BCUT2D eigenvalue weighted by Crippen LogP contribution is -2.51. The van der Waals surface area contributed by atoms with Gasteiger partial charge < -0.3 is 44.8 Å². The number of carbonyl (C=O) groups excluding carboxylic acids is 4. The number of aromatic nitrogens is 4. The van der Waals surface area contributed by atoms with Crippen molar-refractivity contribution in [1.29, 1.82) is 0 Å². The highest BCUT2D eigenvalue weighted by atomic mass is 16.5. The van der Waals surface area contributed by atoms with Crippen molar-refractivity contribution < 1.29 is 28.7 Å². The maximum absolute atomic E-state index is 13.9. The van der Waals surface area contributed by atoms with Gasteiger partial charge in [-0.3, -0.25) is 9.59 Å². The third-order valence-corrected chi connectivity index (χ3v) is 13.9. The van der Waals surface area contributed by atoms with Gasteiger partial charge >= 0.3 is 12.2 Å². The predicted octanol–water partition coefficient (Wildman–Crippen LogP) is 8.49. The van der Waals surface area contributed by atoms with Crippen molar-refractivity contribution in [3.63, 3.8) is 0 Å². The number of hydrogen-bond donors (Lipinski definition) is 4. The quantitative estimate of drug-likeness (QED) is 0.0957. The Morgan fingerprint density at radius 1 is 0.594 bits per heavy atom. The first-order valence-corrected chi connectivity index (χ1v) is 23.1. The number of amides is 4. The number of rotatable bonds is 12. The van der Waals surface area contributed by atoms with Crippen molar-refractivity contribution in [3.05, 3.63) is 89.0 Å². The van der Waals surface area contributed by atoms with Gasteiger partial charge in [0.05, 0.1) is 60.5 Å². The number of nitrogens with zero attached hydrogens (tertiary/aromatic N) is 5. The van der Waals surface area contributed by atoms with Gasteiger partial charge in [0, 0.05) is 18.8 Å². The highest BCUT2D eigenvalue weighted by Gasteiger charge is 2.41. The van der Waals surface area contributed by atoms with E-state index in [-0.39, 0.29) is 47.8 Å². The maximum atomic E-state index is 13.9. The van der Waals surface area contributed by atoms with Crippen molar-refractivity contribution in [2.45, 2.75) is 121 Å². The van der Waals surface area contributed by atoms with E-state index in [0.29, 0.717) is 19.0 Å². The zero-order chi connectivity index (χ0) is 44.8. The van der Waals surface area contributed by atoms with Gasteiger partial charge in [-0.05, 0) is 122 Å². The fourth-order valence-electron chi connectivity index (χ4n) is 10.4. The van der Waals surface area contributed by atoms with Crippen molar-refractivity contribution >= 4 is 51.8 Å². The third kappa shape index (κ3) is 8.36. The van der Waals surface area contributed by atoms with E-state index in [9.17, 15) is 19.2 Å². The van der Waals surface area contributed by atoms with Crippen LogP contribution in [-0.2, 0) is 19.1 Å². The van der Waals surface area contributed by atoms with Gasteiger partial charge in [0.25, 0.3) is 0 Å². The van der Waals surface area contributed by atoms with Gasteiger partial charge in [-0.1, -0.05) is 52.0 Å². The molecule has 4 fully saturated rings. The number of carbonyl (C=O) groups is 4. The molecule has 3 saturated heterocycles. The molecule has 3 aliphatic heterocycles. The van der Waals surface area contributed by atoms with Crippen LogP contribution in [-0.4, -0.2) is 93.1 Å². The summed E-state index contributed by atoms with van der Waals surface area (Å²) >= 11 is 0. The highest BCUT2D eigenvalue weighted by Crippen LogP contribution is 2.49. The standard InChI is InChI=1S/C49H61N9O6/c1-27(2)42(54-48(61)63-5)46(59)56-23-7-9-40(56)44-50-34-19-15-31(25-36(34)52-44)38-21-22-39(58(38)33-17-13-30(14-18-33)29-11-12-29)32-16-20-35-37(26-32)53-45(51-35)41-10-8-24-57(41)47(60)43(28(3)4)55-49(62)64-6/h13-20,25-29,38-43H,7-12,21-24H2,1-6H3,(H,50,52)(H,51,53)(H,54,61)(H,55,62). The van der Waals surface area contributed by atoms with Gasteiger partial charge in [-0.2, -0.15) is 0 Å². The van der Waals surface area contributed by atoms with E-state index in [1.807, 2.05) is 37.5 Å². The van der Waals surface area contributed by atoms with E-state index >= 15 is 0 Å². The molecule has 6 atom stereocenters. The second-order valence-electron chi connectivity index (χ2n) is 18.8. The minimum absolute atomic E-state index is 0.0901. The van der Waals surface area contributed by atoms with Crippen LogP contribution < -0.4 is 15.5 Å². The number of imidazole rings is 2. The summed E-state index contributed by atoms with van der Waals surface area (Å²) in [7, 11) is 2.61. The number of methoxy groups -OCH3 is 2. The summed E-state index contributed by atoms with van der Waals surface area (Å²) in [4.78, 5) is 75.6. The number of alkyl carbamates (subject to hydrolysis) is 2. The number of hydrogen-bond acceptors (Lipinski definition) is 9. The number of ether oxygens (including phenoxy) is 2. The lowest BCUT2D eigenvalue weighted by molar-refractivity contribution is -0.136. The molecule has 5 heterocycles. The molecular formula is C49H61N9O6. The van der Waals surface area contributed by atoms with Crippen molar-refractivity contribution in [2.75, 3.05) is 32.2 Å². The van der Waals surface area contributed by atoms with Crippen LogP contribution in [0.4, 0.5) is 15.3 Å². The summed E-state index contributed by atoms with van der Waals surface area (Å²) in [5, 5.41) is 5.49. The molecule has 1 aliphatic carbocycles. The van der Waals surface area contributed by atoms with Crippen LogP contribution >= 0.6 is 0 Å². The van der Waals surface area contributed by atoms with Crippen molar-refractivity contribution in [2.24, 2.45) is 11.8 Å². The minimum Gasteiger partial charge on any atom is -0.453 e. The molecule has 4 N–H and O–H groups in total. The number of nitrogens with one attached hydrogen (secondary N) is 4. The molecule has 338 valence electrons. The third-order valence-electron chi connectivity index (χ3n) is 13.9. The summed E-state index contributed by atoms with van der Waals surface area (Å²) in [5.41, 5.74) is 8.51. The number of aromatic amines is 2. The van der Waals surface area contributed by atoms with Crippen LogP contribution in [0, 0.1) is 11.8 Å². The second-order valence-corrected chi connectivity index (χ2v) is 18.8. The van der Waals surface area contributed by atoms with E-state index in [0.717, 1.165) is 72.2 Å². The topological polar surface area (TPSA) is 178 Å². The Morgan fingerprint density at radius 2 is 1.03 bits per heavy atom. The van der Waals surface area contributed by atoms with Gasteiger partial charge in [-0.15, -0.1) is 0 Å². The lowest BCUT2D eigenvalue weighted by Gasteiger charge is -2.33. The van der Waals surface area contributed by atoms with Crippen LogP contribution in [0.25, 0.3) is 22.1 Å². The molecule has 15 nitrogen and oxygen atoms in total. The SMILES string of the molecule is COC(=O)NC(C(=O)N1CCCC1c1nc2ccc(C3CCC(c4ccc5nc(C6CCCN6C(=O)C(NC(=O)OC)C(C)C)[nH]c5c4)N3c3ccc(C4CC4)cc3)cc2[nH]1)C(C)C. The first kappa shape index (κ1) is 43.1. The molecule has 64 heavy (non-hydrogen) atoms. The highest BCUT2D eigenvalue weighted by molar-refractivity contribution is 5.87. The zero-order valence-electron chi connectivity index (χ0n) is 37.7. The Labute approximate surface area is 374 Å². The minimum atomic E-state index is -0.700. The van der Waals surface area contributed by atoms with Gasteiger partial charge in [-0.25, -0.2) is 19.6 Å². The first-order valence-electron chi connectivity index (χ1n) is 23.1. The van der Waals surface area contributed by atoms with Crippen LogP contribution in [0.15, 0.2) is 60.7 Å². The maximum Gasteiger partial charge on any atom is 0.407 e. The molecule has 4 aliphatic rings. The number of anilines is 1. The molecule has 0 spiro atoms. The molecule has 0 radical (unpaired) electrons. The Kier molecular flexibility index (Phi) is 12.0. The molecule has 2 aromatic heterocycles. The van der Waals surface area contributed by atoms with Crippen LogP contribution in [0.1, 0.15) is 137 Å². The van der Waals surface area contributed by atoms with Gasteiger partial charge in [0.2, 0.25) is 11.8 Å². The van der Waals surface area contributed by atoms with E-state index in [1.165, 1.54) is 49.4 Å².